The van der Waals surface area contributed by atoms with E-state index in [1.807, 2.05) is 4.90 Å². The third-order valence-electron chi connectivity index (χ3n) is 9.83. The number of aromatic nitrogens is 4. The maximum Gasteiger partial charge on any atom is 0.427 e. The van der Waals surface area contributed by atoms with E-state index < -0.39 is 12.3 Å². The van der Waals surface area contributed by atoms with Gasteiger partial charge in [0.15, 0.2) is 23.5 Å². The van der Waals surface area contributed by atoms with Crippen molar-refractivity contribution in [2.75, 3.05) is 23.3 Å². The Morgan fingerprint density at radius 3 is 2.44 bits per heavy atom. The van der Waals surface area contributed by atoms with Crippen molar-refractivity contribution in [3.8, 4) is 0 Å². The summed E-state index contributed by atoms with van der Waals surface area (Å²) < 4.78 is 2.35. The Balaban J connectivity index is 1.45. The first-order valence-corrected chi connectivity index (χ1v) is 15.5. The summed E-state index contributed by atoms with van der Waals surface area (Å²) in [5.74, 6) is 4.08. The van der Waals surface area contributed by atoms with Crippen LogP contribution in [0.4, 0.5) is 16.6 Å². The molecule has 0 aromatic carbocycles. The number of imidazole rings is 1. The van der Waals surface area contributed by atoms with Crippen LogP contribution in [-0.4, -0.2) is 67.6 Å². The van der Waals surface area contributed by atoms with E-state index in [2.05, 4.69) is 53.3 Å². The molecule has 4 atom stereocenters. The summed E-state index contributed by atoms with van der Waals surface area (Å²) in [4.78, 5) is 48.4. The quantitative estimate of drug-likeness (QED) is 0.455. The minimum absolute atomic E-state index is 0.0698. The van der Waals surface area contributed by atoms with E-state index in [1.165, 1.54) is 44.9 Å². The Morgan fingerprint density at radius 2 is 1.80 bits per heavy atom. The summed E-state index contributed by atoms with van der Waals surface area (Å²) in [6.07, 6.45) is 7.36. The van der Waals surface area contributed by atoms with Crippen molar-refractivity contribution >= 4 is 34.9 Å². The highest BCUT2D eigenvalue weighted by Gasteiger charge is 2.36. The molecule has 12 nitrogen and oxygen atoms in total. The monoisotopic (exact) mass is 567 g/mol. The highest BCUT2D eigenvalue weighted by Crippen LogP contribution is 2.37. The first-order valence-electron chi connectivity index (χ1n) is 15.5. The number of carbonyl (C=O) groups is 2. The number of nitrogens with one attached hydrogen (secondary N) is 3. The molecule has 4 heterocycles. The van der Waals surface area contributed by atoms with Gasteiger partial charge >= 0.3 is 6.09 Å². The topological polar surface area (TPSA) is 130 Å². The molecule has 4 fully saturated rings. The van der Waals surface area contributed by atoms with Crippen LogP contribution >= 0.6 is 0 Å². The van der Waals surface area contributed by atoms with Crippen LogP contribution in [0, 0.1) is 17.8 Å². The van der Waals surface area contributed by atoms with Gasteiger partial charge in [-0.05, 0) is 64.2 Å². The molecule has 6 rings (SSSR count). The number of hydroxylamine groups is 1. The van der Waals surface area contributed by atoms with Gasteiger partial charge in [0.1, 0.15) is 5.52 Å². The molecule has 2 aromatic rings. The SMILES string of the molecule is CC(=O)N1C[C@@H](C)N(c2nc3nc(C4NOC(=O)N4)nc(N[C@H](C)C4CCC4)c3n2CC2CCC(C)CC2)C[C@@H]1C. The first-order chi connectivity index (χ1) is 19.7. The Labute approximate surface area is 241 Å². The summed E-state index contributed by atoms with van der Waals surface area (Å²) >= 11 is 0. The van der Waals surface area contributed by atoms with E-state index in [9.17, 15) is 9.59 Å². The Bertz CT molecular complexity index is 1290. The van der Waals surface area contributed by atoms with Gasteiger partial charge in [-0.1, -0.05) is 26.2 Å². The van der Waals surface area contributed by atoms with Crippen molar-refractivity contribution in [1.82, 2.24) is 35.2 Å². The van der Waals surface area contributed by atoms with E-state index in [1.54, 1.807) is 6.92 Å². The van der Waals surface area contributed by atoms with Crippen LogP contribution < -0.4 is 21.0 Å². The smallest absolute Gasteiger partial charge is 0.365 e. The third-order valence-corrected chi connectivity index (χ3v) is 9.83. The molecular weight excluding hydrogens is 522 g/mol. The molecular formula is C29H45N9O3. The number of hydrogen-bond donors (Lipinski definition) is 3. The predicted molar refractivity (Wildman–Crippen MR) is 156 cm³/mol. The minimum Gasteiger partial charge on any atom is -0.365 e. The van der Waals surface area contributed by atoms with Crippen LogP contribution in [-0.2, 0) is 16.2 Å². The number of hydrogen-bond acceptors (Lipinski definition) is 9. The standard InChI is InChI=1S/C29H45N9O3/c1-16-9-11-21(12-10-16)15-38-23-24(30-19(4)22-7-6-8-22)31-26(27-34-29(40)41-35-27)32-25(23)33-28(38)37-14-17(2)36(20(5)39)13-18(37)3/h16-19,21-22,27,35H,6-15H2,1-5H3,(H,34,40)(H,30,31,32)/t16?,17-,18+,19+,21?,27?/m0/s1. The van der Waals surface area contributed by atoms with E-state index >= 15 is 0 Å². The van der Waals surface area contributed by atoms with Gasteiger partial charge in [0, 0.05) is 44.7 Å². The molecule has 2 amide bonds. The fourth-order valence-corrected chi connectivity index (χ4v) is 6.96. The zero-order chi connectivity index (χ0) is 28.8. The van der Waals surface area contributed by atoms with Crippen LogP contribution in [0.15, 0.2) is 0 Å². The number of fused-ring (bicyclic) bond motifs is 1. The van der Waals surface area contributed by atoms with Gasteiger partial charge < -0.3 is 24.5 Å². The molecule has 0 radical (unpaired) electrons. The van der Waals surface area contributed by atoms with Crippen LogP contribution in [0.5, 0.6) is 0 Å². The van der Waals surface area contributed by atoms with Crippen LogP contribution in [0.1, 0.15) is 91.6 Å². The van der Waals surface area contributed by atoms with Crippen molar-refractivity contribution in [3.05, 3.63) is 5.82 Å². The normalized spacial score (nSPS) is 29.7. The highest BCUT2D eigenvalue weighted by molar-refractivity contribution is 5.86. The molecule has 12 heteroatoms. The summed E-state index contributed by atoms with van der Waals surface area (Å²) in [6, 6.07) is 0.414. The van der Waals surface area contributed by atoms with Gasteiger partial charge in [0.05, 0.1) is 0 Å². The van der Waals surface area contributed by atoms with Crippen LogP contribution in [0.25, 0.3) is 11.2 Å². The molecule has 4 aliphatic rings. The lowest BCUT2D eigenvalue weighted by molar-refractivity contribution is -0.131. The minimum atomic E-state index is -0.655. The Morgan fingerprint density at radius 1 is 1.05 bits per heavy atom. The van der Waals surface area contributed by atoms with Crippen molar-refractivity contribution in [3.63, 3.8) is 0 Å². The summed E-state index contributed by atoms with van der Waals surface area (Å²) in [5.41, 5.74) is 4.22. The number of nitrogens with zero attached hydrogens (tertiary/aromatic N) is 6. The molecule has 3 N–H and O–H groups in total. The van der Waals surface area contributed by atoms with Gasteiger partial charge in [-0.25, -0.2) is 14.8 Å². The molecule has 0 bridgehead atoms. The molecule has 0 spiro atoms. The van der Waals surface area contributed by atoms with Gasteiger partial charge in [0.25, 0.3) is 0 Å². The summed E-state index contributed by atoms with van der Waals surface area (Å²) in [6.45, 7) is 12.7. The Kier molecular flexibility index (Phi) is 7.69. The number of rotatable bonds is 7. The average Bonchev–Trinajstić information content (AvgIpc) is 3.49. The van der Waals surface area contributed by atoms with Crippen molar-refractivity contribution < 1.29 is 14.4 Å². The molecule has 1 unspecified atom stereocenters. The fourth-order valence-electron chi connectivity index (χ4n) is 6.96. The lowest BCUT2D eigenvalue weighted by atomic mass is 9.80. The van der Waals surface area contributed by atoms with Crippen LogP contribution in [0.2, 0.25) is 0 Å². The fraction of sp³-hybridized carbons (Fsp3) is 0.759. The number of carbonyl (C=O) groups excluding carboxylic acids is 2. The maximum atomic E-state index is 12.3. The van der Waals surface area contributed by atoms with Gasteiger partial charge in [-0.2, -0.15) is 4.98 Å². The summed E-state index contributed by atoms with van der Waals surface area (Å²) in [7, 11) is 0. The van der Waals surface area contributed by atoms with E-state index in [-0.39, 0.29) is 24.0 Å². The second-order valence-corrected chi connectivity index (χ2v) is 13.0. The summed E-state index contributed by atoms with van der Waals surface area (Å²) in [5, 5.41) is 6.48. The second kappa shape index (κ2) is 11.3. The number of anilines is 2. The molecule has 2 aliphatic carbocycles. The largest absolute Gasteiger partial charge is 0.427 e. The zero-order valence-electron chi connectivity index (χ0n) is 25.0. The molecule has 2 saturated heterocycles. The second-order valence-electron chi connectivity index (χ2n) is 13.0. The number of piperazine rings is 1. The molecule has 2 aliphatic heterocycles. The lowest BCUT2D eigenvalue weighted by Gasteiger charge is -2.44. The molecule has 224 valence electrons. The molecule has 2 aromatic heterocycles. The first kappa shape index (κ1) is 28.0. The molecule has 2 saturated carbocycles. The Hall–Kier alpha value is -3.15. The van der Waals surface area contributed by atoms with E-state index in [0.29, 0.717) is 36.4 Å². The van der Waals surface area contributed by atoms with Gasteiger partial charge in [-0.3, -0.25) is 10.1 Å². The third kappa shape index (κ3) is 5.54. The van der Waals surface area contributed by atoms with Crippen molar-refractivity contribution in [2.45, 2.75) is 110 Å². The average molecular weight is 568 g/mol. The van der Waals surface area contributed by atoms with Gasteiger partial charge in [0.2, 0.25) is 11.9 Å². The van der Waals surface area contributed by atoms with E-state index in [4.69, 9.17) is 19.8 Å². The predicted octanol–water partition coefficient (Wildman–Crippen LogP) is 3.94. The van der Waals surface area contributed by atoms with Gasteiger partial charge in [-0.15, -0.1) is 5.48 Å². The van der Waals surface area contributed by atoms with Crippen molar-refractivity contribution in [2.24, 2.45) is 17.8 Å². The lowest BCUT2D eigenvalue weighted by Crippen LogP contribution is -2.58. The molecule has 41 heavy (non-hydrogen) atoms. The van der Waals surface area contributed by atoms with Crippen LogP contribution in [0.3, 0.4) is 0 Å². The van der Waals surface area contributed by atoms with E-state index in [0.717, 1.165) is 29.7 Å². The highest BCUT2D eigenvalue weighted by atomic mass is 16.7. The van der Waals surface area contributed by atoms with Crippen molar-refractivity contribution in [1.29, 1.82) is 0 Å². The number of amides is 2. The maximum absolute atomic E-state index is 12.3. The zero-order valence-corrected chi connectivity index (χ0v) is 25.0.